The minimum Gasteiger partial charge on any atom is -0.465 e. The standard InChI is InChI=1S/C16H13BrN2O2/c1-21-16(20)11-4-7-13-14(9-11)19-15(18-13)8-10-2-5-12(17)6-3-10/h2-7,9H,8H2,1H3,(H,18,19). The minimum absolute atomic E-state index is 0.346. The van der Waals surface area contributed by atoms with Gasteiger partial charge in [-0.1, -0.05) is 28.1 Å². The quantitative estimate of drug-likeness (QED) is 0.737. The molecule has 0 aliphatic carbocycles. The van der Waals surface area contributed by atoms with Crippen LogP contribution >= 0.6 is 15.9 Å². The molecule has 5 heteroatoms. The topological polar surface area (TPSA) is 55.0 Å². The molecule has 0 amide bonds. The first-order chi connectivity index (χ1) is 10.2. The van der Waals surface area contributed by atoms with Crippen LogP contribution in [-0.2, 0) is 11.2 Å². The molecule has 0 atom stereocenters. The van der Waals surface area contributed by atoms with E-state index in [1.165, 1.54) is 12.7 Å². The molecule has 0 aliphatic rings. The predicted octanol–water partition coefficient (Wildman–Crippen LogP) is 3.70. The molecule has 0 radical (unpaired) electrons. The average molecular weight is 345 g/mol. The number of hydrogen-bond acceptors (Lipinski definition) is 3. The van der Waals surface area contributed by atoms with E-state index in [1.807, 2.05) is 18.2 Å². The van der Waals surface area contributed by atoms with Crippen molar-refractivity contribution in [3.63, 3.8) is 0 Å². The van der Waals surface area contributed by atoms with Crippen LogP contribution in [0.1, 0.15) is 21.7 Å². The number of carbonyl (C=O) groups is 1. The van der Waals surface area contributed by atoms with E-state index in [-0.39, 0.29) is 5.97 Å². The van der Waals surface area contributed by atoms with Gasteiger partial charge in [-0.05, 0) is 35.9 Å². The van der Waals surface area contributed by atoms with Crippen LogP contribution in [0.3, 0.4) is 0 Å². The maximum Gasteiger partial charge on any atom is 0.337 e. The normalized spacial score (nSPS) is 10.8. The number of carbonyl (C=O) groups excluding carboxylic acids is 1. The first-order valence-electron chi connectivity index (χ1n) is 6.47. The SMILES string of the molecule is COC(=O)c1ccc2nc(Cc3ccc(Br)cc3)[nH]c2c1. The lowest BCUT2D eigenvalue weighted by molar-refractivity contribution is 0.0601. The summed E-state index contributed by atoms with van der Waals surface area (Å²) in [6.07, 6.45) is 0.718. The van der Waals surface area contributed by atoms with Gasteiger partial charge in [-0.15, -0.1) is 0 Å². The molecule has 3 aromatic rings. The summed E-state index contributed by atoms with van der Waals surface area (Å²) in [5.74, 6) is 0.523. The van der Waals surface area contributed by atoms with E-state index in [0.29, 0.717) is 5.56 Å². The second-order valence-electron chi connectivity index (χ2n) is 4.71. The van der Waals surface area contributed by atoms with E-state index < -0.39 is 0 Å². The number of nitrogens with zero attached hydrogens (tertiary/aromatic N) is 1. The number of ether oxygens (including phenoxy) is 1. The highest BCUT2D eigenvalue weighted by Crippen LogP contribution is 2.17. The number of hydrogen-bond donors (Lipinski definition) is 1. The van der Waals surface area contributed by atoms with Gasteiger partial charge in [0.15, 0.2) is 0 Å². The van der Waals surface area contributed by atoms with Crippen molar-refractivity contribution in [1.29, 1.82) is 0 Å². The van der Waals surface area contributed by atoms with Crippen LogP contribution in [0.5, 0.6) is 0 Å². The third kappa shape index (κ3) is 2.97. The van der Waals surface area contributed by atoms with Crippen LogP contribution in [0.25, 0.3) is 11.0 Å². The first kappa shape index (κ1) is 13.8. The Kier molecular flexibility index (Phi) is 3.75. The van der Waals surface area contributed by atoms with Gasteiger partial charge in [-0.2, -0.15) is 0 Å². The maximum atomic E-state index is 11.5. The van der Waals surface area contributed by atoms with Gasteiger partial charge in [-0.3, -0.25) is 0 Å². The van der Waals surface area contributed by atoms with Crippen molar-refractivity contribution in [3.8, 4) is 0 Å². The highest BCUT2D eigenvalue weighted by Gasteiger charge is 2.09. The Morgan fingerprint density at radius 2 is 2.00 bits per heavy atom. The highest BCUT2D eigenvalue weighted by molar-refractivity contribution is 9.10. The smallest absolute Gasteiger partial charge is 0.337 e. The molecule has 2 aromatic carbocycles. The largest absolute Gasteiger partial charge is 0.465 e. The zero-order chi connectivity index (χ0) is 14.8. The molecular weight excluding hydrogens is 332 g/mol. The van der Waals surface area contributed by atoms with Crippen LogP contribution in [0.4, 0.5) is 0 Å². The predicted molar refractivity (Wildman–Crippen MR) is 84.4 cm³/mol. The maximum absolute atomic E-state index is 11.5. The lowest BCUT2D eigenvalue weighted by atomic mass is 10.1. The molecule has 1 heterocycles. The van der Waals surface area contributed by atoms with E-state index in [0.717, 1.165) is 27.8 Å². The lowest BCUT2D eigenvalue weighted by Crippen LogP contribution is -2.00. The molecule has 0 fully saturated rings. The molecule has 0 saturated heterocycles. The summed E-state index contributed by atoms with van der Waals surface area (Å²) in [5, 5.41) is 0. The molecule has 106 valence electrons. The van der Waals surface area contributed by atoms with E-state index in [2.05, 4.69) is 38.0 Å². The monoisotopic (exact) mass is 344 g/mol. The number of fused-ring (bicyclic) bond motifs is 1. The van der Waals surface area contributed by atoms with Crippen molar-refractivity contribution < 1.29 is 9.53 Å². The molecule has 0 aliphatic heterocycles. The third-order valence-corrected chi connectivity index (χ3v) is 3.77. The zero-order valence-electron chi connectivity index (χ0n) is 11.4. The van der Waals surface area contributed by atoms with Crippen molar-refractivity contribution in [3.05, 3.63) is 63.9 Å². The summed E-state index contributed by atoms with van der Waals surface area (Å²) in [6.45, 7) is 0. The Bertz CT molecular complexity index is 794. The van der Waals surface area contributed by atoms with Gasteiger partial charge in [0.25, 0.3) is 0 Å². The summed E-state index contributed by atoms with van der Waals surface area (Å²) < 4.78 is 5.78. The molecule has 1 N–H and O–H groups in total. The summed E-state index contributed by atoms with van der Waals surface area (Å²) in [6, 6.07) is 13.4. The number of H-pyrrole nitrogens is 1. The number of imidazole rings is 1. The third-order valence-electron chi connectivity index (χ3n) is 3.24. The molecular formula is C16H13BrN2O2. The second-order valence-corrected chi connectivity index (χ2v) is 5.63. The summed E-state index contributed by atoms with van der Waals surface area (Å²) in [7, 11) is 1.37. The van der Waals surface area contributed by atoms with Gasteiger partial charge in [0, 0.05) is 10.9 Å². The van der Waals surface area contributed by atoms with E-state index in [9.17, 15) is 4.79 Å². The van der Waals surface area contributed by atoms with Gasteiger partial charge in [0.05, 0.1) is 23.7 Å². The number of halogens is 1. The number of benzene rings is 2. The molecule has 1 aromatic heterocycles. The van der Waals surface area contributed by atoms with Crippen molar-refractivity contribution in [2.24, 2.45) is 0 Å². The Balaban J connectivity index is 1.90. The fraction of sp³-hybridized carbons (Fsp3) is 0.125. The van der Waals surface area contributed by atoms with Gasteiger partial charge < -0.3 is 9.72 Å². The summed E-state index contributed by atoms with van der Waals surface area (Å²) in [4.78, 5) is 19.3. The van der Waals surface area contributed by atoms with Crippen molar-refractivity contribution in [2.75, 3.05) is 7.11 Å². The molecule has 3 rings (SSSR count). The molecule has 0 saturated carbocycles. The minimum atomic E-state index is -0.346. The van der Waals surface area contributed by atoms with Crippen LogP contribution in [0.15, 0.2) is 46.9 Å². The van der Waals surface area contributed by atoms with Crippen molar-refractivity contribution >= 4 is 32.9 Å². The van der Waals surface area contributed by atoms with E-state index >= 15 is 0 Å². The number of aromatic nitrogens is 2. The van der Waals surface area contributed by atoms with Crippen molar-refractivity contribution in [1.82, 2.24) is 9.97 Å². The molecule has 0 unspecified atom stereocenters. The Morgan fingerprint density at radius 3 is 2.71 bits per heavy atom. The highest BCUT2D eigenvalue weighted by atomic mass is 79.9. The van der Waals surface area contributed by atoms with Crippen LogP contribution < -0.4 is 0 Å². The van der Waals surface area contributed by atoms with E-state index in [4.69, 9.17) is 4.74 Å². The van der Waals surface area contributed by atoms with Gasteiger partial charge in [0.2, 0.25) is 0 Å². The number of methoxy groups -OCH3 is 1. The average Bonchev–Trinajstić information content (AvgIpc) is 2.90. The number of esters is 1. The lowest BCUT2D eigenvalue weighted by Gasteiger charge is -1.98. The second kappa shape index (κ2) is 5.69. The Hall–Kier alpha value is -2.14. The Morgan fingerprint density at radius 1 is 1.24 bits per heavy atom. The molecule has 4 nitrogen and oxygen atoms in total. The van der Waals surface area contributed by atoms with Crippen molar-refractivity contribution in [2.45, 2.75) is 6.42 Å². The first-order valence-corrected chi connectivity index (χ1v) is 7.26. The molecule has 0 spiro atoms. The summed E-state index contributed by atoms with van der Waals surface area (Å²) >= 11 is 3.42. The summed E-state index contributed by atoms with van der Waals surface area (Å²) in [5.41, 5.74) is 3.37. The Labute approximate surface area is 130 Å². The van der Waals surface area contributed by atoms with Gasteiger partial charge in [-0.25, -0.2) is 9.78 Å². The van der Waals surface area contributed by atoms with Crippen LogP contribution in [-0.4, -0.2) is 23.0 Å². The van der Waals surface area contributed by atoms with E-state index in [1.54, 1.807) is 12.1 Å². The van der Waals surface area contributed by atoms with Gasteiger partial charge >= 0.3 is 5.97 Å². The molecule has 0 bridgehead atoms. The fourth-order valence-corrected chi connectivity index (χ4v) is 2.45. The molecule has 21 heavy (non-hydrogen) atoms. The number of nitrogens with one attached hydrogen (secondary N) is 1. The van der Waals surface area contributed by atoms with Crippen LogP contribution in [0.2, 0.25) is 0 Å². The number of aromatic amines is 1. The number of rotatable bonds is 3. The zero-order valence-corrected chi connectivity index (χ0v) is 13.0. The fourth-order valence-electron chi connectivity index (χ4n) is 2.19. The van der Waals surface area contributed by atoms with Gasteiger partial charge in [0.1, 0.15) is 5.82 Å². The van der Waals surface area contributed by atoms with Crippen LogP contribution in [0, 0.1) is 0 Å².